The monoisotopic (exact) mass is 260 g/mol. The Balaban J connectivity index is 2.82. The van der Waals surface area contributed by atoms with E-state index in [1.807, 2.05) is 0 Å². The zero-order valence-corrected chi connectivity index (χ0v) is 8.01. The van der Waals surface area contributed by atoms with E-state index in [1.54, 1.807) is 0 Å². The van der Waals surface area contributed by atoms with E-state index >= 15 is 0 Å². The van der Waals surface area contributed by atoms with Crippen LogP contribution in [0.1, 0.15) is 11.7 Å². The van der Waals surface area contributed by atoms with Crippen LogP contribution in [0.25, 0.3) is 0 Å². The summed E-state index contributed by atoms with van der Waals surface area (Å²) < 4.78 is 74.8. The zero-order valence-electron chi connectivity index (χ0n) is 8.01. The van der Waals surface area contributed by atoms with Gasteiger partial charge < -0.3 is 9.84 Å². The Hall–Kier alpha value is -1.44. The average Bonchev–Trinajstić information content (AvgIpc) is 2.14. The molecule has 1 N–H and O–H groups in total. The van der Waals surface area contributed by atoms with Crippen molar-refractivity contribution in [3.05, 3.63) is 29.8 Å². The van der Waals surface area contributed by atoms with Crippen LogP contribution in [-0.4, -0.2) is 17.6 Å². The van der Waals surface area contributed by atoms with Crippen molar-refractivity contribution in [3.8, 4) is 5.75 Å². The van der Waals surface area contributed by atoms with Gasteiger partial charge in [-0.25, -0.2) is 0 Å². The third-order valence-corrected chi connectivity index (χ3v) is 1.74. The van der Waals surface area contributed by atoms with Crippen LogP contribution in [0.5, 0.6) is 5.75 Å². The van der Waals surface area contributed by atoms with Gasteiger partial charge in [-0.2, -0.15) is 13.2 Å². The van der Waals surface area contributed by atoms with Crippen molar-refractivity contribution < 1.29 is 36.2 Å². The maximum atomic E-state index is 12.0. The molecule has 0 radical (unpaired) electrons. The predicted molar refractivity (Wildman–Crippen MR) is 44.1 cm³/mol. The van der Waals surface area contributed by atoms with Gasteiger partial charge in [-0.05, 0) is 17.7 Å². The minimum atomic E-state index is -4.91. The van der Waals surface area contributed by atoms with E-state index in [9.17, 15) is 26.3 Å². The summed E-state index contributed by atoms with van der Waals surface area (Å²) in [6.45, 7) is 0. The number of alkyl halides is 6. The summed E-state index contributed by atoms with van der Waals surface area (Å²) in [5.74, 6) is -0.657. The first-order valence-corrected chi connectivity index (χ1v) is 4.20. The molecular weight excluding hydrogens is 254 g/mol. The van der Waals surface area contributed by atoms with Gasteiger partial charge in [-0.3, -0.25) is 0 Å². The summed E-state index contributed by atoms with van der Waals surface area (Å²) in [7, 11) is 0. The van der Waals surface area contributed by atoms with Crippen LogP contribution in [0.3, 0.4) is 0 Å². The van der Waals surface area contributed by atoms with Crippen molar-refractivity contribution in [2.24, 2.45) is 0 Å². The number of hydrogen-bond acceptors (Lipinski definition) is 2. The van der Waals surface area contributed by atoms with E-state index in [0.29, 0.717) is 24.3 Å². The molecule has 0 heterocycles. The van der Waals surface area contributed by atoms with Gasteiger partial charge in [0.05, 0.1) is 0 Å². The van der Waals surface area contributed by atoms with Gasteiger partial charge in [0, 0.05) is 0 Å². The molecule has 1 atom stereocenters. The highest BCUT2D eigenvalue weighted by atomic mass is 19.4. The quantitative estimate of drug-likeness (QED) is 0.827. The molecule has 8 heteroatoms. The summed E-state index contributed by atoms with van der Waals surface area (Å²) in [6, 6.07) is 2.80. The van der Waals surface area contributed by atoms with Gasteiger partial charge >= 0.3 is 12.5 Å². The Morgan fingerprint density at radius 2 is 1.41 bits per heavy atom. The van der Waals surface area contributed by atoms with E-state index in [4.69, 9.17) is 5.11 Å². The topological polar surface area (TPSA) is 29.5 Å². The van der Waals surface area contributed by atoms with E-state index in [0.717, 1.165) is 0 Å². The molecule has 96 valence electrons. The molecular formula is C9H6F6O2. The van der Waals surface area contributed by atoms with Gasteiger partial charge in [0.15, 0.2) is 6.10 Å². The van der Waals surface area contributed by atoms with E-state index in [2.05, 4.69) is 4.74 Å². The summed E-state index contributed by atoms with van der Waals surface area (Å²) in [5, 5.41) is 8.79. The van der Waals surface area contributed by atoms with Gasteiger partial charge in [0.25, 0.3) is 0 Å². The summed E-state index contributed by atoms with van der Waals surface area (Å²) in [4.78, 5) is 0. The van der Waals surface area contributed by atoms with E-state index in [1.165, 1.54) is 0 Å². The van der Waals surface area contributed by atoms with E-state index < -0.39 is 30.0 Å². The van der Waals surface area contributed by atoms with Gasteiger partial charge in [0.1, 0.15) is 5.75 Å². The fourth-order valence-electron chi connectivity index (χ4n) is 1.04. The molecule has 0 bridgehead atoms. The van der Waals surface area contributed by atoms with Crippen molar-refractivity contribution in [1.29, 1.82) is 0 Å². The number of aliphatic hydroxyl groups is 1. The Bertz CT molecular complexity index is 367. The van der Waals surface area contributed by atoms with Gasteiger partial charge in [0.2, 0.25) is 0 Å². The van der Waals surface area contributed by atoms with Crippen LogP contribution < -0.4 is 4.74 Å². The maximum Gasteiger partial charge on any atom is 0.573 e. The number of ether oxygens (including phenoxy) is 1. The largest absolute Gasteiger partial charge is 0.573 e. The van der Waals surface area contributed by atoms with Crippen molar-refractivity contribution in [2.45, 2.75) is 18.6 Å². The van der Waals surface area contributed by atoms with Crippen molar-refractivity contribution >= 4 is 0 Å². The molecule has 0 aliphatic heterocycles. The standard InChI is InChI=1S/C9H6F6O2/c10-8(11,12)7(16)5-1-3-6(4-2-5)17-9(13,14)15/h1-4,7,16H/t7-/m0/s1. The number of halogens is 6. The fourth-order valence-corrected chi connectivity index (χ4v) is 1.04. The first kappa shape index (κ1) is 13.6. The first-order chi connectivity index (χ1) is 7.59. The zero-order chi connectivity index (χ0) is 13.3. The molecule has 0 saturated heterocycles. The Kier molecular flexibility index (Phi) is 3.56. The minimum absolute atomic E-state index is 0.563. The van der Waals surface area contributed by atoms with Crippen LogP contribution in [0.2, 0.25) is 0 Å². The smallest absolute Gasteiger partial charge is 0.406 e. The first-order valence-electron chi connectivity index (χ1n) is 4.20. The molecule has 1 aromatic carbocycles. The second-order valence-electron chi connectivity index (χ2n) is 3.06. The Morgan fingerprint density at radius 3 is 1.76 bits per heavy atom. The molecule has 0 aliphatic rings. The summed E-state index contributed by atoms with van der Waals surface area (Å²) in [5.41, 5.74) is -0.563. The number of rotatable bonds is 2. The summed E-state index contributed by atoms with van der Waals surface area (Å²) >= 11 is 0. The molecule has 0 fully saturated rings. The molecule has 2 nitrogen and oxygen atoms in total. The molecule has 1 aromatic rings. The SMILES string of the molecule is O[C@@H](c1ccc(OC(F)(F)F)cc1)C(F)(F)F. The molecule has 0 amide bonds. The van der Waals surface area contributed by atoms with Crippen LogP contribution in [0, 0.1) is 0 Å². The molecule has 0 aliphatic carbocycles. The molecule has 0 aromatic heterocycles. The number of hydrogen-bond donors (Lipinski definition) is 1. The molecule has 0 saturated carbocycles. The predicted octanol–water partition coefficient (Wildman–Crippen LogP) is 3.18. The lowest BCUT2D eigenvalue weighted by molar-refractivity contribution is -0.274. The second kappa shape index (κ2) is 4.44. The van der Waals surface area contributed by atoms with Gasteiger partial charge in [-0.15, -0.1) is 13.2 Å². The lowest BCUT2D eigenvalue weighted by atomic mass is 10.1. The minimum Gasteiger partial charge on any atom is -0.406 e. The van der Waals surface area contributed by atoms with Crippen LogP contribution in [-0.2, 0) is 0 Å². The highest BCUT2D eigenvalue weighted by molar-refractivity contribution is 5.29. The molecule has 0 unspecified atom stereocenters. The molecule has 0 spiro atoms. The van der Waals surface area contributed by atoms with Crippen LogP contribution >= 0.6 is 0 Å². The Labute approximate surface area is 91.4 Å². The lowest BCUT2D eigenvalue weighted by Crippen LogP contribution is -2.20. The molecule has 17 heavy (non-hydrogen) atoms. The Morgan fingerprint density at radius 1 is 0.941 bits per heavy atom. The van der Waals surface area contributed by atoms with Crippen LogP contribution in [0.4, 0.5) is 26.3 Å². The highest BCUT2D eigenvalue weighted by Crippen LogP contribution is 2.33. The highest BCUT2D eigenvalue weighted by Gasteiger charge is 2.39. The van der Waals surface area contributed by atoms with Gasteiger partial charge in [-0.1, -0.05) is 12.1 Å². The number of benzene rings is 1. The average molecular weight is 260 g/mol. The maximum absolute atomic E-state index is 12.0. The van der Waals surface area contributed by atoms with Crippen molar-refractivity contribution in [3.63, 3.8) is 0 Å². The number of aliphatic hydroxyl groups excluding tert-OH is 1. The third kappa shape index (κ3) is 4.14. The second-order valence-corrected chi connectivity index (χ2v) is 3.06. The lowest BCUT2D eigenvalue weighted by Gasteiger charge is -2.15. The third-order valence-electron chi connectivity index (χ3n) is 1.74. The van der Waals surface area contributed by atoms with E-state index in [-0.39, 0.29) is 0 Å². The summed E-state index contributed by atoms with van der Waals surface area (Å²) in [6.07, 6.45) is -12.5. The molecule has 1 rings (SSSR count). The van der Waals surface area contributed by atoms with Crippen LogP contribution in [0.15, 0.2) is 24.3 Å². The fraction of sp³-hybridized carbons (Fsp3) is 0.333. The van der Waals surface area contributed by atoms with Crippen molar-refractivity contribution in [1.82, 2.24) is 0 Å². The normalized spacial score (nSPS) is 14.5. The van der Waals surface area contributed by atoms with Crippen molar-refractivity contribution in [2.75, 3.05) is 0 Å².